The van der Waals surface area contributed by atoms with Crippen LogP contribution in [0.4, 0.5) is 0 Å². The number of benzene rings is 1. The molecule has 142 valence electrons. The van der Waals surface area contributed by atoms with Gasteiger partial charge in [0.25, 0.3) is 0 Å². The predicted octanol–water partition coefficient (Wildman–Crippen LogP) is 1.31. The summed E-state index contributed by atoms with van der Waals surface area (Å²) in [4.78, 5) is 9.91. The Balaban J connectivity index is 1.58. The first-order chi connectivity index (χ1) is 12.8. The molecule has 0 radical (unpaired) electrons. The first-order valence-electron chi connectivity index (χ1n) is 9.60. The number of rotatable bonds is 8. The Morgan fingerprint density at radius 1 is 1.27 bits per heavy atom. The zero-order valence-electron chi connectivity index (χ0n) is 15.8. The summed E-state index contributed by atoms with van der Waals surface area (Å²) in [5.41, 5.74) is 1.08. The minimum atomic E-state index is 0.507. The van der Waals surface area contributed by atoms with Crippen LogP contribution in [0.1, 0.15) is 12.5 Å². The van der Waals surface area contributed by atoms with Crippen molar-refractivity contribution in [3.05, 3.63) is 42.5 Å². The van der Waals surface area contributed by atoms with E-state index in [1.807, 2.05) is 18.2 Å². The van der Waals surface area contributed by atoms with E-state index in [-0.39, 0.29) is 0 Å². The molecular weight excluding hydrogens is 326 g/mol. The van der Waals surface area contributed by atoms with Gasteiger partial charge in [0.1, 0.15) is 12.4 Å². The molecule has 0 aromatic heterocycles. The van der Waals surface area contributed by atoms with Gasteiger partial charge in [-0.25, -0.2) is 4.99 Å². The van der Waals surface area contributed by atoms with Crippen LogP contribution < -0.4 is 15.4 Å². The van der Waals surface area contributed by atoms with Crippen molar-refractivity contribution in [3.8, 4) is 5.75 Å². The Bertz CT molecular complexity index is 610. The number of guanidine groups is 1. The summed E-state index contributed by atoms with van der Waals surface area (Å²) in [5, 5.41) is 6.87. The maximum Gasteiger partial charge on any atom is 0.191 e. The van der Waals surface area contributed by atoms with Gasteiger partial charge >= 0.3 is 0 Å². The van der Waals surface area contributed by atoms with Crippen molar-refractivity contribution in [2.75, 3.05) is 52.4 Å². The number of fused-ring (bicyclic) bond motifs is 3. The average molecular weight is 358 g/mol. The van der Waals surface area contributed by atoms with Crippen molar-refractivity contribution in [1.82, 2.24) is 20.4 Å². The van der Waals surface area contributed by atoms with Crippen LogP contribution >= 0.6 is 0 Å². The quantitative estimate of drug-likeness (QED) is 0.417. The summed E-state index contributed by atoms with van der Waals surface area (Å²) in [6, 6.07) is 8.62. The van der Waals surface area contributed by atoms with Crippen LogP contribution in [0.3, 0.4) is 0 Å². The van der Waals surface area contributed by atoms with Crippen molar-refractivity contribution in [3.63, 3.8) is 0 Å². The molecule has 6 heteroatoms. The molecule has 6 nitrogen and oxygen atoms in total. The van der Waals surface area contributed by atoms with Crippen LogP contribution in [0.25, 0.3) is 0 Å². The van der Waals surface area contributed by atoms with Crippen molar-refractivity contribution in [2.45, 2.75) is 19.5 Å². The van der Waals surface area contributed by atoms with Gasteiger partial charge < -0.3 is 15.4 Å². The molecule has 3 aliphatic heterocycles. The van der Waals surface area contributed by atoms with Gasteiger partial charge in [0.15, 0.2) is 5.96 Å². The molecule has 2 N–H and O–H groups in total. The maximum absolute atomic E-state index is 5.73. The van der Waals surface area contributed by atoms with E-state index in [4.69, 9.17) is 9.73 Å². The highest BCUT2D eigenvalue weighted by atomic mass is 16.5. The Kier molecular flexibility index (Phi) is 6.91. The second-order valence-corrected chi connectivity index (χ2v) is 6.77. The Labute approximate surface area is 156 Å². The van der Waals surface area contributed by atoms with E-state index >= 15 is 0 Å². The molecule has 3 saturated heterocycles. The monoisotopic (exact) mass is 357 g/mol. The van der Waals surface area contributed by atoms with Gasteiger partial charge in [0.05, 0.1) is 6.54 Å². The Morgan fingerprint density at radius 3 is 2.77 bits per heavy atom. The van der Waals surface area contributed by atoms with Crippen molar-refractivity contribution < 1.29 is 4.74 Å². The lowest BCUT2D eigenvalue weighted by Gasteiger charge is -2.47. The molecule has 3 fully saturated rings. The lowest BCUT2D eigenvalue weighted by atomic mass is 10.1. The fourth-order valence-corrected chi connectivity index (χ4v) is 3.56. The summed E-state index contributed by atoms with van der Waals surface area (Å²) in [6.45, 7) is 14.6. The fraction of sp³-hybridized carbons (Fsp3) is 0.550. The second kappa shape index (κ2) is 9.59. The largest absolute Gasteiger partial charge is 0.489 e. The molecule has 3 heterocycles. The molecule has 2 bridgehead atoms. The third-order valence-electron chi connectivity index (χ3n) is 4.98. The molecule has 0 amide bonds. The first kappa shape index (κ1) is 18.7. The summed E-state index contributed by atoms with van der Waals surface area (Å²) in [6.07, 6.45) is 1.76. The Morgan fingerprint density at radius 2 is 2.08 bits per heavy atom. The molecule has 0 saturated carbocycles. The van der Waals surface area contributed by atoms with Crippen LogP contribution in [-0.4, -0.2) is 74.2 Å². The molecule has 1 aromatic carbocycles. The maximum atomic E-state index is 5.73. The normalized spacial score (nSPS) is 25.0. The summed E-state index contributed by atoms with van der Waals surface area (Å²) < 4.78 is 5.73. The van der Waals surface area contributed by atoms with Crippen LogP contribution in [0.15, 0.2) is 41.9 Å². The average Bonchev–Trinajstić information content (AvgIpc) is 2.70. The topological polar surface area (TPSA) is 52.1 Å². The lowest BCUT2D eigenvalue weighted by molar-refractivity contribution is 0.0154. The van der Waals surface area contributed by atoms with E-state index in [0.717, 1.165) is 36.9 Å². The molecule has 0 aliphatic carbocycles. The van der Waals surface area contributed by atoms with Crippen LogP contribution in [0.2, 0.25) is 0 Å². The number of nitrogens with one attached hydrogen (secondary N) is 2. The molecule has 4 rings (SSSR count). The Hall–Kier alpha value is -2.05. The number of ether oxygens (including phenoxy) is 1. The van der Waals surface area contributed by atoms with Crippen molar-refractivity contribution in [1.29, 1.82) is 0 Å². The van der Waals surface area contributed by atoms with E-state index < -0.39 is 0 Å². The minimum Gasteiger partial charge on any atom is -0.489 e. The van der Waals surface area contributed by atoms with Gasteiger partial charge in [0.2, 0.25) is 0 Å². The second-order valence-electron chi connectivity index (χ2n) is 6.77. The molecule has 1 atom stereocenters. The summed E-state index contributed by atoms with van der Waals surface area (Å²) >= 11 is 0. The lowest BCUT2D eigenvalue weighted by Crippen LogP contribution is -2.63. The SMILES string of the molecule is C=CCOc1ccccc1CN=C(NCC)NCC1CN2CCN1CC2. The molecule has 1 unspecified atom stereocenters. The highest BCUT2D eigenvalue weighted by molar-refractivity contribution is 5.79. The highest BCUT2D eigenvalue weighted by Gasteiger charge is 2.31. The number of para-hydroxylation sites is 1. The number of aliphatic imine (C=N–C) groups is 1. The standard InChI is InChI=1S/C20H31N5O/c1-3-13-26-19-8-6-5-7-17(19)14-22-20(21-4-2)23-15-18-16-24-9-11-25(18)12-10-24/h3,5-8,18H,1,4,9-16H2,2H3,(H2,21,22,23). The zero-order valence-corrected chi connectivity index (χ0v) is 15.8. The third-order valence-corrected chi connectivity index (χ3v) is 4.98. The number of hydrogen-bond donors (Lipinski definition) is 2. The number of piperazine rings is 3. The van der Waals surface area contributed by atoms with Crippen molar-refractivity contribution >= 4 is 5.96 Å². The predicted molar refractivity (Wildman–Crippen MR) is 107 cm³/mol. The number of nitrogens with zero attached hydrogens (tertiary/aromatic N) is 3. The van der Waals surface area contributed by atoms with E-state index in [0.29, 0.717) is 19.2 Å². The van der Waals surface area contributed by atoms with Crippen molar-refractivity contribution in [2.24, 2.45) is 4.99 Å². The van der Waals surface area contributed by atoms with Gasteiger partial charge in [0, 0.05) is 57.4 Å². The third kappa shape index (κ3) is 4.99. The van der Waals surface area contributed by atoms with Crippen LogP contribution in [-0.2, 0) is 6.54 Å². The first-order valence-corrected chi connectivity index (χ1v) is 9.60. The van der Waals surface area contributed by atoms with E-state index in [1.165, 1.54) is 26.2 Å². The van der Waals surface area contributed by atoms with E-state index in [1.54, 1.807) is 6.08 Å². The summed E-state index contributed by atoms with van der Waals surface area (Å²) in [5.74, 6) is 1.74. The smallest absolute Gasteiger partial charge is 0.191 e. The molecule has 1 aromatic rings. The van der Waals surface area contributed by atoms with E-state index in [9.17, 15) is 0 Å². The zero-order chi connectivity index (χ0) is 18.2. The fourth-order valence-electron chi connectivity index (χ4n) is 3.56. The minimum absolute atomic E-state index is 0.507. The van der Waals surface area contributed by atoms with E-state index in [2.05, 4.69) is 40.0 Å². The molecule has 3 aliphatic rings. The number of hydrogen-bond acceptors (Lipinski definition) is 4. The van der Waals surface area contributed by atoms with Crippen LogP contribution in [0.5, 0.6) is 5.75 Å². The van der Waals surface area contributed by atoms with Gasteiger partial charge in [-0.15, -0.1) is 0 Å². The molecule has 0 spiro atoms. The van der Waals surface area contributed by atoms with Gasteiger partial charge in [-0.05, 0) is 13.0 Å². The van der Waals surface area contributed by atoms with Gasteiger partial charge in [-0.2, -0.15) is 0 Å². The summed E-state index contributed by atoms with van der Waals surface area (Å²) in [7, 11) is 0. The van der Waals surface area contributed by atoms with Gasteiger partial charge in [-0.3, -0.25) is 9.80 Å². The van der Waals surface area contributed by atoms with Gasteiger partial charge in [-0.1, -0.05) is 30.9 Å². The van der Waals surface area contributed by atoms with Crippen LogP contribution in [0, 0.1) is 0 Å². The highest BCUT2D eigenvalue weighted by Crippen LogP contribution is 2.19. The molecule has 26 heavy (non-hydrogen) atoms. The molecular formula is C20H31N5O.